The van der Waals surface area contributed by atoms with E-state index in [0.29, 0.717) is 12.6 Å². The molecule has 1 aliphatic heterocycles. The fourth-order valence-corrected chi connectivity index (χ4v) is 5.64. The van der Waals surface area contributed by atoms with E-state index in [1.165, 1.54) is 47.9 Å². The van der Waals surface area contributed by atoms with Crippen LogP contribution in [0.1, 0.15) is 62.8 Å². The smallest absolute Gasteiger partial charge is 0.140 e. The minimum Gasteiger partial charge on any atom is -0.370 e. The molecular formula is C21H26N4OS. The van der Waals surface area contributed by atoms with Crippen molar-refractivity contribution < 1.29 is 4.74 Å². The Labute approximate surface area is 163 Å². The van der Waals surface area contributed by atoms with Crippen molar-refractivity contribution in [3.63, 3.8) is 0 Å². The molecular weight excluding hydrogens is 356 g/mol. The van der Waals surface area contributed by atoms with Crippen molar-refractivity contribution in [2.45, 2.75) is 77.5 Å². The van der Waals surface area contributed by atoms with Gasteiger partial charge in [-0.25, -0.2) is 9.97 Å². The average molecular weight is 383 g/mol. The van der Waals surface area contributed by atoms with Crippen LogP contribution in [0, 0.1) is 6.92 Å². The van der Waals surface area contributed by atoms with Gasteiger partial charge in [0.25, 0.3) is 0 Å². The number of aryl methyl sites for hydroxylation is 1. The molecule has 3 aromatic heterocycles. The van der Waals surface area contributed by atoms with Crippen LogP contribution in [-0.4, -0.2) is 26.6 Å². The summed E-state index contributed by atoms with van der Waals surface area (Å²) in [4.78, 5) is 15.2. The highest BCUT2D eigenvalue weighted by Gasteiger charge is 2.31. The van der Waals surface area contributed by atoms with E-state index in [9.17, 15) is 0 Å². The zero-order valence-corrected chi connectivity index (χ0v) is 17.1. The van der Waals surface area contributed by atoms with Crippen LogP contribution in [0.2, 0.25) is 0 Å². The van der Waals surface area contributed by atoms with Crippen molar-refractivity contribution >= 4 is 37.6 Å². The maximum absolute atomic E-state index is 6.04. The fourth-order valence-electron chi connectivity index (χ4n) is 4.49. The molecule has 1 aliphatic carbocycles. The molecule has 0 amide bonds. The Morgan fingerprint density at radius 1 is 1.15 bits per heavy atom. The lowest BCUT2D eigenvalue weighted by Crippen LogP contribution is -2.32. The number of aromatic nitrogens is 3. The lowest BCUT2D eigenvalue weighted by Gasteiger charge is -2.32. The van der Waals surface area contributed by atoms with E-state index in [-0.39, 0.29) is 5.60 Å². The van der Waals surface area contributed by atoms with Crippen molar-refractivity contribution in [3.05, 3.63) is 23.1 Å². The summed E-state index contributed by atoms with van der Waals surface area (Å²) in [5.74, 6) is 0.955. The van der Waals surface area contributed by atoms with Gasteiger partial charge in [-0.2, -0.15) is 0 Å². The summed E-state index contributed by atoms with van der Waals surface area (Å²) >= 11 is 1.75. The van der Waals surface area contributed by atoms with Gasteiger partial charge in [-0.1, -0.05) is 19.3 Å². The van der Waals surface area contributed by atoms with E-state index < -0.39 is 0 Å². The molecule has 6 heteroatoms. The van der Waals surface area contributed by atoms with Crippen molar-refractivity contribution in [1.82, 2.24) is 15.0 Å². The first-order valence-corrected chi connectivity index (χ1v) is 10.8. The third-order valence-electron chi connectivity index (χ3n) is 5.97. The number of hydrogen-bond donors (Lipinski definition) is 1. The van der Waals surface area contributed by atoms with Gasteiger partial charge >= 0.3 is 0 Å². The molecule has 0 spiro atoms. The Balaban J connectivity index is 1.68. The van der Waals surface area contributed by atoms with Gasteiger partial charge in [0.2, 0.25) is 0 Å². The normalized spacial score (nSPS) is 20.1. The predicted octanol–water partition coefficient (Wildman–Crippen LogP) is 5.14. The minimum absolute atomic E-state index is 0.140. The SMILES string of the molecule is Cc1nc2c(sc3ncnc(NC4CCCCC4)c32)c2c1COC(C)(C)C2. The van der Waals surface area contributed by atoms with E-state index in [2.05, 4.69) is 36.1 Å². The van der Waals surface area contributed by atoms with E-state index >= 15 is 0 Å². The van der Waals surface area contributed by atoms with Gasteiger partial charge in [-0.05, 0) is 39.2 Å². The van der Waals surface area contributed by atoms with Gasteiger partial charge in [-0.3, -0.25) is 4.98 Å². The van der Waals surface area contributed by atoms with Crippen LogP contribution < -0.4 is 5.32 Å². The third kappa shape index (κ3) is 2.99. The number of thiophene rings is 1. The second-order valence-electron chi connectivity index (χ2n) is 8.54. The van der Waals surface area contributed by atoms with Crippen molar-refractivity contribution in [1.29, 1.82) is 0 Å². The molecule has 1 fully saturated rings. The summed E-state index contributed by atoms with van der Waals surface area (Å²) < 4.78 is 7.30. The largest absolute Gasteiger partial charge is 0.370 e. The second kappa shape index (κ2) is 6.38. The maximum Gasteiger partial charge on any atom is 0.140 e. The van der Waals surface area contributed by atoms with E-state index in [1.54, 1.807) is 17.7 Å². The number of rotatable bonds is 2. The van der Waals surface area contributed by atoms with E-state index in [0.717, 1.165) is 33.7 Å². The van der Waals surface area contributed by atoms with Crippen molar-refractivity contribution in [2.24, 2.45) is 0 Å². The summed E-state index contributed by atoms with van der Waals surface area (Å²) in [6, 6.07) is 0.512. The molecule has 0 unspecified atom stereocenters. The summed E-state index contributed by atoms with van der Waals surface area (Å²) in [5, 5.41) is 4.80. The molecule has 27 heavy (non-hydrogen) atoms. The zero-order valence-electron chi connectivity index (χ0n) is 16.3. The number of nitrogens with zero attached hydrogens (tertiary/aromatic N) is 3. The summed E-state index contributed by atoms with van der Waals surface area (Å²) in [6.07, 6.45) is 9.00. The Morgan fingerprint density at radius 2 is 1.96 bits per heavy atom. The predicted molar refractivity (Wildman–Crippen MR) is 111 cm³/mol. The van der Waals surface area contributed by atoms with Crippen LogP contribution >= 0.6 is 11.3 Å². The molecule has 3 aromatic rings. The Morgan fingerprint density at radius 3 is 2.78 bits per heavy atom. The summed E-state index contributed by atoms with van der Waals surface area (Å²) in [7, 11) is 0. The van der Waals surface area contributed by atoms with E-state index in [4.69, 9.17) is 9.72 Å². The van der Waals surface area contributed by atoms with Crippen LogP contribution in [0.5, 0.6) is 0 Å². The van der Waals surface area contributed by atoms with Crippen LogP contribution in [0.3, 0.4) is 0 Å². The van der Waals surface area contributed by atoms with Gasteiger partial charge in [0.1, 0.15) is 17.0 Å². The first kappa shape index (κ1) is 17.3. The topological polar surface area (TPSA) is 59.9 Å². The lowest BCUT2D eigenvalue weighted by atomic mass is 9.91. The van der Waals surface area contributed by atoms with Crippen LogP contribution in [0.4, 0.5) is 5.82 Å². The monoisotopic (exact) mass is 382 g/mol. The summed E-state index contributed by atoms with van der Waals surface area (Å²) in [6.45, 7) is 7.08. The number of nitrogens with one attached hydrogen (secondary N) is 1. The van der Waals surface area contributed by atoms with Crippen molar-refractivity contribution in [3.8, 4) is 0 Å². The highest BCUT2D eigenvalue weighted by molar-refractivity contribution is 7.25. The van der Waals surface area contributed by atoms with Crippen molar-refractivity contribution in [2.75, 3.05) is 5.32 Å². The molecule has 5 rings (SSSR count). The van der Waals surface area contributed by atoms with Gasteiger partial charge < -0.3 is 10.1 Å². The molecule has 2 aliphatic rings. The molecule has 0 aromatic carbocycles. The number of pyridine rings is 1. The number of fused-ring (bicyclic) bond motifs is 5. The lowest BCUT2D eigenvalue weighted by molar-refractivity contribution is -0.0400. The molecule has 1 N–H and O–H groups in total. The molecule has 1 saturated carbocycles. The van der Waals surface area contributed by atoms with Gasteiger partial charge in [-0.15, -0.1) is 11.3 Å². The van der Waals surface area contributed by atoms with Gasteiger partial charge in [0.15, 0.2) is 0 Å². The Bertz CT molecular complexity index is 1020. The molecule has 0 radical (unpaired) electrons. The Kier molecular flexibility index (Phi) is 4.09. The minimum atomic E-state index is -0.140. The maximum atomic E-state index is 6.04. The fraction of sp³-hybridized carbons (Fsp3) is 0.571. The first-order valence-electron chi connectivity index (χ1n) is 9.98. The zero-order chi connectivity index (χ0) is 18.6. The molecule has 4 heterocycles. The molecule has 0 bridgehead atoms. The number of hydrogen-bond acceptors (Lipinski definition) is 6. The number of anilines is 1. The standard InChI is InChI=1S/C21H26N4OS/c1-12-15-10-26-21(2,3)9-14(15)18-17(24-12)16-19(22-11-23-20(16)27-18)25-13-7-5-4-6-8-13/h11,13H,4-10H2,1-3H3,(H,22,23,25). The number of ether oxygens (including phenoxy) is 1. The molecule has 142 valence electrons. The van der Waals surface area contributed by atoms with Crippen LogP contribution in [0.15, 0.2) is 6.33 Å². The van der Waals surface area contributed by atoms with Gasteiger partial charge in [0.05, 0.1) is 27.8 Å². The molecule has 0 saturated heterocycles. The second-order valence-corrected chi connectivity index (χ2v) is 9.54. The van der Waals surface area contributed by atoms with Crippen LogP contribution in [0.25, 0.3) is 20.4 Å². The average Bonchev–Trinajstić information content (AvgIpc) is 3.02. The molecule has 0 atom stereocenters. The first-order chi connectivity index (χ1) is 13.0. The highest BCUT2D eigenvalue weighted by Crippen LogP contribution is 2.42. The van der Waals surface area contributed by atoms with Gasteiger partial charge in [0, 0.05) is 23.7 Å². The quantitative estimate of drug-likeness (QED) is 0.665. The third-order valence-corrected chi connectivity index (χ3v) is 7.12. The van der Waals surface area contributed by atoms with E-state index in [1.807, 2.05) is 0 Å². The van der Waals surface area contributed by atoms with Crippen LogP contribution in [-0.2, 0) is 17.8 Å². The highest BCUT2D eigenvalue weighted by atomic mass is 32.1. The molecule has 5 nitrogen and oxygen atoms in total. The summed E-state index contributed by atoms with van der Waals surface area (Å²) in [5.41, 5.74) is 4.63. The Hall–Kier alpha value is -1.79.